The van der Waals surface area contributed by atoms with Gasteiger partial charge in [0.25, 0.3) is 11.8 Å². The number of amides is 4. The molecule has 0 bridgehead atoms. The van der Waals surface area contributed by atoms with Crippen LogP contribution in [0.5, 0.6) is 17.4 Å². The summed E-state index contributed by atoms with van der Waals surface area (Å²) in [5.41, 5.74) is -4.47. The number of hydrogen-bond donors (Lipinski definition) is 3. The zero-order valence-electron chi connectivity index (χ0n) is 33.9. The van der Waals surface area contributed by atoms with Gasteiger partial charge in [-0.15, -0.1) is 0 Å². The van der Waals surface area contributed by atoms with Crippen LogP contribution in [0.2, 0.25) is 0 Å². The van der Waals surface area contributed by atoms with Gasteiger partial charge >= 0.3 is 12.1 Å². The van der Waals surface area contributed by atoms with Gasteiger partial charge in [-0.1, -0.05) is 39.3 Å². The minimum absolute atomic E-state index is 0.0149. The molecule has 4 heterocycles. The summed E-state index contributed by atoms with van der Waals surface area (Å²) < 4.78 is 81.2. The second-order valence-electron chi connectivity index (χ2n) is 17.0. The topological polar surface area (TPSA) is 194 Å². The molecule has 3 N–H and O–H groups in total. The number of benzene rings is 1. The molecule has 7 rings (SSSR count). The van der Waals surface area contributed by atoms with Crippen molar-refractivity contribution in [2.45, 2.75) is 133 Å². The second kappa shape index (κ2) is 15.7. The molecule has 4 amide bonds. The van der Waals surface area contributed by atoms with E-state index in [9.17, 15) is 27.9 Å². The number of rotatable bonds is 9. The average Bonchev–Trinajstić information content (AvgIpc) is 4.12. The highest BCUT2D eigenvalue weighted by Crippen LogP contribution is 2.52. The molecule has 2 saturated carbocycles. The number of carbonyl (C=O) groups excluding carboxylic acids is 3. The van der Waals surface area contributed by atoms with Crippen LogP contribution in [0.15, 0.2) is 36.5 Å². The van der Waals surface area contributed by atoms with Gasteiger partial charge in [0.15, 0.2) is 17.1 Å². The molecule has 0 radical (unpaired) electrons. The van der Waals surface area contributed by atoms with Gasteiger partial charge in [-0.2, -0.15) is 8.78 Å². The Morgan fingerprint density at radius 3 is 2.53 bits per heavy atom. The summed E-state index contributed by atoms with van der Waals surface area (Å²) in [7, 11) is -4.07. The summed E-state index contributed by atoms with van der Waals surface area (Å²) in [6.07, 6.45) is 5.32. The maximum atomic E-state index is 17.8. The van der Waals surface area contributed by atoms with Crippen molar-refractivity contribution in [2.24, 2.45) is 17.8 Å². The van der Waals surface area contributed by atoms with E-state index < -0.39 is 92.7 Å². The van der Waals surface area contributed by atoms with Crippen molar-refractivity contribution >= 4 is 44.6 Å². The van der Waals surface area contributed by atoms with Gasteiger partial charge in [-0.05, 0) is 88.8 Å². The van der Waals surface area contributed by atoms with Crippen molar-refractivity contribution in [2.75, 3.05) is 13.2 Å². The molecule has 59 heavy (non-hydrogen) atoms. The Balaban J connectivity index is 1.35. The van der Waals surface area contributed by atoms with Crippen LogP contribution in [0.25, 0.3) is 10.8 Å². The van der Waals surface area contributed by atoms with Crippen LogP contribution in [0.4, 0.5) is 13.6 Å². The predicted molar refractivity (Wildman–Crippen MR) is 210 cm³/mol. The van der Waals surface area contributed by atoms with Crippen molar-refractivity contribution in [1.29, 1.82) is 0 Å². The molecule has 1 saturated heterocycles. The van der Waals surface area contributed by atoms with E-state index in [2.05, 4.69) is 15.0 Å². The van der Waals surface area contributed by atoms with E-state index in [1.54, 1.807) is 45.0 Å². The van der Waals surface area contributed by atoms with Crippen molar-refractivity contribution in [3.8, 4) is 17.4 Å². The number of nitrogens with one attached hydrogen (secondary N) is 2. The number of fused-ring (bicyclic) bond motifs is 5. The summed E-state index contributed by atoms with van der Waals surface area (Å²) in [4.78, 5) is 62.3. The number of alkyl halides is 2. The quantitative estimate of drug-likeness (QED) is 0.217. The first-order chi connectivity index (χ1) is 27.9. The molecule has 1 unspecified atom stereocenters. The van der Waals surface area contributed by atoms with Gasteiger partial charge in [0, 0.05) is 35.3 Å². The molecule has 1 aromatic carbocycles. The number of pyridine rings is 1. The van der Waals surface area contributed by atoms with Crippen LogP contribution >= 0.6 is 0 Å². The maximum absolute atomic E-state index is 17.8. The number of allylic oxidation sites excluding steroid dienone is 1. The fraction of sp³-hybridized carbons (Fsp3) is 0.634. The van der Waals surface area contributed by atoms with Crippen molar-refractivity contribution < 1.29 is 55.7 Å². The number of aromatic nitrogens is 1. The zero-order valence-corrected chi connectivity index (χ0v) is 34.7. The molecule has 15 nitrogen and oxygen atoms in total. The standard InChI is InChI=1S/C41H53F2N5O10S/c1-6-24(4)47(38(52)53)32-25(7-2)20-23(3)10-8-9-11-26-21-40(26,37(51)46-59(54,55)27-12-13-27)45-34(49)30-22-39(5,41(42,43)48(30)36(32)50)58-35-29-14-15-31-33(57-19-18-56-31)28(29)16-17-44-35/h9,11,14-17,23-27,30,32H,6-8,10,12-13,18-22H2,1-5H3,(H,45,49)(H,46,51)(H,52,53)/b11-9-/t23-,24?,25+,26+,30-,32-,39+,40+/m0/s1. The minimum atomic E-state index is -4.28. The number of nitrogens with zero attached hydrogens (tertiary/aromatic N) is 3. The van der Waals surface area contributed by atoms with Crippen molar-refractivity contribution in [1.82, 2.24) is 24.8 Å². The first-order valence-electron chi connectivity index (χ1n) is 20.5. The fourth-order valence-corrected chi connectivity index (χ4v) is 10.3. The predicted octanol–water partition coefficient (Wildman–Crippen LogP) is 5.37. The maximum Gasteiger partial charge on any atom is 0.408 e. The monoisotopic (exact) mass is 845 g/mol. The summed E-state index contributed by atoms with van der Waals surface area (Å²) >= 11 is 0. The lowest BCUT2D eigenvalue weighted by Crippen LogP contribution is -2.64. The van der Waals surface area contributed by atoms with E-state index in [0.717, 1.165) is 11.8 Å². The molecule has 322 valence electrons. The summed E-state index contributed by atoms with van der Waals surface area (Å²) in [5, 5.41) is 13.3. The molecular formula is C41H53F2N5O10S. The Hall–Kier alpha value is -4.74. The Labute approximate surface area is 342 Å². The van der Waals surface area contributed by atoms with Crippen LogP contribution < -0.4 is 24.2 Å². The highest BCUT2D eigenvalue weighted by atomic mass is 32.2. The first-order valence-corrected chi connectivity index (χ1v) is 22.1. The Kier molecular flexibility index (Phi) is 11.3. The Morgan fingerprint density at radius 2 is 1.85 bits per heavy atom. The molecule has 2 aliphatic carbocycles. The Bertz CT molecular complexity index is 2150. The summed E-state index contributed by atoms with van der Waals surface area (Å²) in [6.45, 7) is 8.66. The van der Waals surface area contributed by atoms with Crippen LogP contribution in [-0.4, -0.2) is 106 Å². The normalized spacial score (nSPS) is 31.7. The smallest absolute Gasteiger partial charge is 0.408 e. The minimum Gasteiger partial charge on any atom is -0.486 e. The number of halogens is 2. The van der Waals surface area contributed by atoms with E-state index in [1.165, 1.54) is 6.20 Å². The lowest BCUT2D eigenvalue weighted by Gasteiger charge is -2.43. The molecule has 5 aliphatic rings. The number of sulfonamides is 1. The van der Waals surface area contributed by atoms with E-state index >= 15 is 13.6 Å². The highest BCUT2D eigenvalue weighted by Gasteiger charge is 2.71. The number of ether oxygens (including phenoxy) is 3. The molecule has 18 heteroatoms. The lowest BCUT2D eigenvalue weighted by atomic mass is 9.83. The highest BCUT2D eigenvalue weighted by molar-refractivity contribution is 7.91. The van der Waals surface area contributed by atoms with E-state index in [0.29, 0.717) is 61.0 Å². The number of carbonyl (C=O) groups is 4. The van der Waals surface area contributed by atoms with Gasteiger partial charge < -0.3 is 24.6 Å². The molecule has 0 spiro atoms. The van der Waals surface area contributed by atoms with Crippen LogP contribution in [-0.2, 0) is 24.4 Å². The molecule has 1 aromatic heterocycles. The fourth-order valence-electron chi connectivity index (χ4n) is 8.90. The van der Waals surface area contributed by atoms with E-state index in [1.807, 2.05) is 13.0 Å². The second-order valence-corrected chi connectivity index (χ2v) is 18.9. The average molecular weight is 846 g/mol. The molecule has 3 fully saturated rings. The van der Waals surface area contributed by atoms with Crippen LogP contribution in [0, 0.1) is 17.8 Å². The van der Waals surface area contributed by atoms with Crippen LogP contribution in [0.3, 0.4) is 0 Å². The number of carboxylic acid groups (broad SMARTS) is 1. The van der Waals surface area contributed by atoms with Gasteiger partial charge in [0.2, 0.25) is 21.8 Å². The zero-order chi connectivity index (χ0) is 42.7. The molecular weight excluding hydrogens is 793 g/mol. The summed E-state index contributed by atoms with van der Waals surface area (Å²) in [5.74, 6) is -4.35. The van der Waals surface area contributed by atoms with E-state index in [-0.39, 0.29) is 42.6 Å². The summed E-state index contributed by atoms with van der Waals surface area (Å²) in [6, 6.07) is -3.90. The third kappa shape index (κ3) is 7.65. The van der Waals surface area contributed by atoms with Gasteiger partial charge in [-0.25, -0.2) is 18.2 Å². The van der Waals surface area contributed by atoms with Gasteiger partial charge in [0.05, 0.1) is 5.25 Å². The lowest BCUT2D eigenvalue weighted by molar-refractivity contribution is -0.219. The third-order valence-corrected chi connectivity index (χ3v) is 14.6. The van der Waals surface area contributed by atoms with Crippen molar-refractivity contribution in [3.63, 3.8) is 0 Å². The van der Waals surface area contributed by atoms with Gasteiger partial charge in [0.1, 0.15) is 30.8 Å². The molecule has 2 aromatic rings. The van der Waals surface area contributed by atoms with Crippen molar-refractivity contribution in [3.05, 3.63) is 36.5 Å². The third-order valence-electron chi connectivity index (χ3n) is 12.8. The Morgan fingerprint density at radius 1 is 1.12 bits per heavy atom. The van der Waals surface area contributed by atoms with Crippen LogP contribution in [0.1, 0.15) is 92.4 Å². The SMILES string of the molecule is CCC(C)N(C(=O)O)[C@@H]1C(=O)N2[C@@H](C[C@@](C)(Oc3nccc4c5c(ccc34)OCCO5)C2(F)F)C(=O)N[C@]2(C(=O)NS(=O)(=O)C3CC3)C[C@H]2/C=C\CC[C@H](C)C[C@H]1CC. The largest absolute Gasteiger partial charge is 0.486 e. The van der Waals surface area contributed by atoms with E-state index in [4.69, 9.17) is 14.2 Å². The number of hydrogen-bond acceptors (Lipinski definition) is 10. The molecule has 3 aliphatic heterocycles. The van der Waals surface area contributed by atoms with Gasteiger partial charge in [-0.3, -0.25) is 28.9 Å². The molecule has 8 atom stereocenters. The first kappa shape index (κ1) is 42.4.